The monoisotopic (exact) mass is 222 g/mol. The van der Waals surface area contributed by atoms with Crippen LogP contribution in [0.1, 0.15) is 12.8 Å². The van der Waals surface area contributed by atoms with E-state index in [0.29, 0.717) is 13.2 Å². The summed E-state index contributed by atoms with van der Waals surface area (Å²) in [6.45, 7) is 1.13. The molecule has 0 aromatic rings. The van der Waals surface area contributed by atoms with Gasteiger partial charge in [0.2, 0.25) is 0 Å². The van der Waals surface area contributed by atoms with Crippen molar-refractivity contribution in [2.45, 2.75) is 17.6 Å². The average Bonchev–Trinajstić information content (AvgIpc) is 2.31. The van der Waals surface area contributed by atoms with Crippen LogP contribution < -0.4 is 0 Å². The van der Waals surface area contributed by atoms with E-state index in [9.17, 15) is 8.42 Å². The molecule has 0 aromatic carbocycles. The summed E-state index contributed by atoms with van der Waals surface area (Å²) in [5, 5.41) is 0. The molecule has 5 heteroatoms. The highest BCUT2D eigenvalue weighted by atomic mass is 35.5. The molecule has 2 heterocycles. The first-order valence-corrected chi connectivity index (χ1v) is 6.61. The average molecular weight is 223 g/mol. The van der Waals surface area contributed by atoms with Crippen LogP contribution in [0.25, 0.3) is 0 Å². The van der Waals surface area contributed by atoms with Gasteiger partial charge in [-0.05, 0) is 12.8 Å². The minimum atomic E-state index is -3.05. The van der Waals surface area contributed by atoms with Gasteiger partial charge >= 0.3 is 0 Å². The number of sulfone groups is 1. The molecule has 3 rings (SSSR count). The van der Waals surface area contributed by atoms with Crippen molar-refractivity contribution in [2.24, 2.45) is 10.8 Å². The van der Waals surface area contributed by atoms with E-state index in [2.05, 4.69) is 0 Å². The molecular weight excluding hydrogens is 212 g/mol. The third kappa shape index (κ3) is 0.713. The van der Waals surface area contributed by atoms with Gasteiger partial charge in [-0.1, -0.05) is 0 Å². The lowest BCUT2D eigenvalue weighted by atomic mass is 9.53. The maximum atomic E-state index is 11.6. The van der Waals surface area contributed by atoms with Crippen molar-refractivity contribution in [2.75, 3.05) is 19.0 Å². The second-order valence-corrected chi connectivity index (χ2v) is 7.33. The number of ether oxygens (including phenoxy) is 1. The molecule has 3 fully saturated rings. The van der Waals surface area contributed by atoms with Crippen molar-refractivity contribution >= 4 is 21.4 Å². The number of rotatable bonds is 0. The molecule has 3 nitrogen and oxygen atoms in total. The maximum Gasteiger partial charge on any atom is 0.168 e. The fourth-order valence-corrected chi connectivity index (χ4v) is 6.30. The third-order valence-electron chi connectivity index (χ3n) is 4.07. The van der Waals surface area contributed by atoms with E-state index in [1.54, 1.807) is 0 Å². The maximum absolute atomic E-state index is 11.6. The van der Waals surface area contributed by atoms with Crippen molar-refractivity contribution in [1.82, 2.24) is 0 Å². The topological polar surface area (TPSA) is 43.4 Å². The molecule has 0 aromatic heterocycles. The molecule has 3 aliphatic rings. The van der Waals surface area contributed by atoms with Gasteiger partial charge < -0.3 is 4.74 Å². The van der Waals surface area contributed by atoms with E-state index in [4.69, 9.17) is 16.3 Å². The highest BCUT2D eigenvalue weighted by Crippen LogP contribution is 2.69. The van der Waals surface area contributed by atoms with E-state index in [0.717, 1.165) is 12.8 Å². The lowest BCUT2D eigenvalue weighted by molar-refractivity contribution is 0.0173. The van der Waals surface area contributed by atoms with Gasteiger partial charge in [-0.25, -0.2) is 8.42 Å². The summed E-state index contributed by atoms with van der Waals surface area (Å²) in [6, 6.07) is 0. The van der Waals surface area contributed by atoms with Crippen molar-refractivity contribution in [3.8, 4) is 0 Å². The van der Waals surface area contributed by atoms with Crippen LogP contribution in [0.2, 0.25) is 0 Å². The lowest BCUT2D eigenvalue weighted by Crippen LogP contribution is -2.51. The summed E-state index contributed by atoms with van der Waals surface area (Å²) < 4.78 is 28.0. The van der Waals surface area contributed by atoms with Gasteiger partial charge in [-0.15, -0.1) is 11.6 Å². The highest BCUT2D eigenvalue weighted by molar-refractivity contribution is 7.93. The Hall–Kier alpha value is 0.200. The Labute approximate surface area is 82.3 Å². The first-order valence-electron chi connectivity index (χ1n) is 4.46. The minimum Gasteiger partial charge on any atom is -0.380 e. The van der Waals surface area contributed by atoms with Crippen molar-refractivity contribution in [3.05, 3.63) is 0 Å². The molecule has 0 N–H and O–H groups in total. The lowest BCUT2D eigenvalue weighted by Gasteiger charge is -2.48. The molecule has 74 valence electrons. The molecular formula is C8H11ClO3S. The zero-order valence-corrected chi connectivity index (χ0v) is 8.70. The second kappa shape index (κ2) is 2.07. The van der Waals surface area contributed by atoms with E-state index >= 15 is 0 Å². The molecule has 2 saturated heterocycles. The smallest absolute Gasteiger partial charge is 0.168 e. The van der Waals surface area contributed by atoms with Gasteiger partial charge in [0.1, 0.15) is 4.71 Å². The number of halogens is 1. The van der Waals surface area contributed by atoms with Crippen molar-refractivity contribution < 1.29 is 13.2 Å². The molecule has 0 bridgehead atoms. The van der Waals surface area contributed by atoms with Crippen molar-refractivity contribution in [3.63, 3.8) is 0 Å². The Morgan fingerprint density at radius 3 is 2.62 bits per heavy atom. The fourth-order valence-electron chi connectivity index (χ4n) is 3.15. The molecule has 3 atom stereocenters. The Morgan fingerprint density at radius 2 is 2.08 bits per heavy atom. The van der Waals surface area contributed by atoms with Crippen molar-refractivity contribution in [1.29, 1.82) is 0 Å². The quantitative estimate of drug-likeness (QED) is 0.569. The van der Waals surface area contributed by atoms with Gasteiger partial charge in [0.25, 0.3) is 0 Å². The van der Waals surface area contributed by atoms with Crippen LogP contribution in [0, 0.1) is 10.8 Å². The summed E-state index contributed by atoms with van der Waals surface area (Å²) in [5.41, 5.74) is -0.342. The predicted octanol–water partition coefficient (Wildman–Crippen LogP) is 0.776. The summed E-state index contributed by atoms with van der Waals surface area (Å²) >= 11 is 6.02. The Kier molecular flexibility index (Phi) is 1.35. The van der Waals surface area contributed by atoms with Crippen LogP contribution in [0.5, 0.6) is 0 Å². The number of hydrogen-bond acceptors (Lipinski definition) is 3. The molecule has 0 spiro atoms. The molecule has 1 saturated carbocycles. The third-order valence-corrected chi connectivity index (χ3v) is 7.34. The standard InChI is InChI=1S/C8H11ClO3S/c9-6-8-2-1-7(8,3-12-4-8)5-13(6,10)11/h6H,1-5H2/t6-,7+,8-/m1/s1. The largest absolute Gasteiger partial charge is 0.380 e. The Bertz CT molecular complexity index is 366. The van der Waals surface area contributed by atoms with Crippen LogP contribution >= 0.6 is 11.6 Å². The number of hydrogen-bond donors (Lipinski definition) is 0. The molecule has 0 amide bonds. The zero-order valence-electron chi connectivity index (χ0n) is 7.12. The number of alkyl halides is 1. The summed E-state index contributed by atoms with van der Waals surface area (Å²) in [4.78, 5) is 0. The molecule has 0 unspecified atom stereocenters. The van der Waals surface area contributed by atoms with Gasteiger partial charge in [0.05, 0.1) is 19.0 Å². The molecule has 13 heavy (non-hydrogen) atoms. The summed E-state index contributed by atoms with van der Waals surface area (Å²) in [6.07, 6.45) is 1.88. The van der Waals surface area contributed by atoms with E-state index in [-0.39, 0.29) is 16.6 Å². The SMILES string of the molecule is O=S1(=O)C[C@@]23CC[C@@]2(COC3)[C@@H]1Cl. The van der Waals surface area contributed by atoms with Crippen LogP contribution in [0.3, 0.4) is 0 Å². The van der Waals surface area contributed by atoms with E-state index in [1.807, 2.05) is 0 Å². The van der Waals surface area contributed by atoms with Crippen LogP contribution in [-0.2, 0) is 14.6 Å². The van der Waals surface area contributed by atoms with Gasteiger partial charge in [-0.3, -0.25) is 0 Å². The van der Waals surface area contributed by atoms with E-state index in [1.165, 1.54) is 0 Å². The molecule has 2 aliphatic heterocycles. The van der Waals surface area contributed by atoms with Gasteiger partial charge in [0.15, 0.2) is 9.84 Å². The van der Waals surface area contributed by atoms with Gasteiger partial charge in [-0.2, -0.15) is 0 Å². The Morgan fingerprint density at radius 1 is 1.31 bits per heavy atom. The highest BCUT2D eigenvalue weighted by Gasteiger charge is 2.74. The normalized spacial score (nSPS) is 56.8. The Balaban J connectivity index is 2.16. The van der Waals surface area contributed by atoms with Crippen LogP contribution in [0.4, 0.5) is 0 Å². The zero-order chi connectivity index (χ0) is 9.32. The fraction of sp³-hybridized carbons (Fsp3) is 1.00. The summed E-state index contributed by atoms with van der Waals surface area (Å²) in [7, 11) is -3.05. The minimum absolute atomic E-state index is 0.113. The summed E-state index contributed by atoms with van der Waals surface area (Å²) in [5.74, 6) is 0.244. The molecule has 0 radical (unpaired) electrons. The first-order chi connectivity index (χ1) is 6.03. The van der Waals surface area contributed by atoms with Crippen LogP contribution in [0.15, 0.2) is 0 Å². The van der Waals surface area contributed by atoms with Gasteiger partial charge in [0, 0.05) is 10.8 Å². The predicted molar refractivity (Wildman–Crippen MR) is 48.3 cm³/mol. The first kappa shape index (κ1) is 8.50. The van der Waals surface area contributed by atoms with E-state index < -0.39 is 14.5 Å². The molecule has 1 aliphatic carbocycles. The second-order valence-electron chi connectivity index (χ2n) is 4.55. The van der Waals surface area contributed by atoms with Crippen LogP contribution in [-0.4, -0.2) is 32.1 Å².